The molecule has 4 fully saturated rings. The average molecular weight is 516 g/mol. The van der Waals surface area contributed by atoms with E-state index in [9.17, 15) is 19.8 Å². The molecule has 0 bridgehead atoms. The van der Waals surface area contributed by atoms with E-state index in [0.717, 1.165) is 38.5 Å². The molecule has 206 valence electrons. The van der Waals surface area contributed by atoms with Crippen LogP contribution in [0.2, 0.25) is 0 Å². The predicted octanol–water partition coefficient (Wildman–Crippen LogP) is 5.13. The lowest BCUT2D eigenvalue weighted by molar-refractivity contribution is -0.151. The van der Waals surface area contributed by atoms with Gasteiger partial charge < -0.3 is 14.9 Å². The van der Waals surface area contributed by atoms with Crippen molar-refractivity contribution in [2.45, 2.75) is 104 Å². The molecule has 4 saturated carbocycles. The SMILES string of the molecule is CCOC(=O)c1cn([C@H]2C[C@@H]3C[C@H](O)CC[C@]3(C)[C@H]3CC[C@]4(C)[C@@H]([C@H](C)CCC(=O)O)CC[C@H]4[C@H]23)nn1. The number of hydrogen-bond donors (Lipinski definition) is 2. The van der Waals surface area contributed by atoms with Gasteiger partial charge in [0.15, 0.2) is 5.69 Å². The van der Waals surface area contributed by atoms with Crippen LogP contribution in [0.25, 0.3) is 0 Å². The number of aliphatic hydroxyl groups is 1. The van der Waals surface area contributed by atoms with Crippen LogP contribution in [0.4, 0.5) is 0 Å². The maximum absolute atomic E-state index is 12.4. The Bertz CT molecular complexity index is 1010. The zero-order valence-corrected chi connectivity index (χ0v) is 22.9. The molecule has 5 rings (SSSR count). The largest absolute Gasteiger partial charge is 0.481 e. The Morgan fingerprint density at radius 2 is 1.86 bits per heavy atom. The Labute approximate surface area is 220 Å². The number of ether oxygens (including phenoxy) is 1. The third-order valence-electron chi connectivity index (χ3n) is 11.6. The molecule has 37 heavy (non-hydrogen) atoms. The predicted molar refractivity (Wildman–Crippen MR) is 138 cm³/mol. The Kier molecular flexibility index (Phi) is 7.18. The second kappa shape index (κ2) is 9.97. The fraction of sp³-hybridized carbons (Fsp3) is 0.862. The lowest BCUT2D eigenvalue weighted by atomic mass is 9.43. The van der Waals surface area contributed by atoms with Crippen molar-refractivity contribution in [1.82, 2.24) is 15.0 Å². The molecule has 0 spiro atoms. The van der Waals surface area contributed by atoms with Crippen LogP contribution in [0.1, 0.15) is 108 Å². The molecule has 4 aliphatic carbocycles. The second-order valence-corrected chi connectivity index (χ2v) is 13.2. The molecule has 0 saturated heterocycles. The highest BCUT2D eigenvalue weighted by atomic mass is 16.5. The number of fused-ring (bicyclic) bond motifs is 5. The number of aliphatic hydroxyl groups excluding tert-OH is 1. The van der Waals surface area contributed by atoms with Crippen LogP contribution in [0.3, 0.4) is 0 Å². The highest BCUT2D eigenvalue weighted by Crippen LogP contribution is 2.70. The van der Waals surface area contributed by atoms with Gasteiger partial charge in [-0.15, -0.1) is 5.10 Å². The van der Waals surface area contributed by atoms with Gasteiger partial charge in [-0.1, -0.05) is 26.0 Å². The Hall–Kier alpha value is -1.96. The van der Waals surface area contributed by atoms with Crippen molar-refractivity contribution in [3.05, 3.63) is 11.9 Å². The summed E-state index contributed by atoms with van der Waals surface area (Å²) in [5.74, 6) is 1.73. The normalized spacial score (nSPS) is 41.8. The van der Waals surface area contributed by atoms with Crippen LogP contribution in [-0.4, -0.2) is 49.9 Å². The van der Waals surface area contributed by atoms with Crippen molar-refractivity contribution < 1.29 is 24.5 Å². The van der Waals surface area contributed by atoms with Crippen molar-refractivity contribution in [1.29, 1.82) is 0 Å². The maximum Gasteiger partial charge on any atom is 0.360 e. The molecule has 8 heteroatoms. The molecule has 8 nitrogen and oxygen atoms in total. The van der Waals surface area contributed by atoms with Crippen molar-refractivity contribution >= 4 is 11.9 Å². The highest BCUT2D eigenvalue weighted by molar-refractivity contribution is 5.86. The maximum atomic E-state index is 12.4. The molecule has 0 unspecified atom stereocenters. The molecule has 1 aromatic rings. The molecular weight excluding hydrogens is 470 g/mol. The van der Waals surface area contributed by atoms with Gasteiger partial charge in [-0.05, 0) is 111 Å². The average Bonchev–Trinajstić information content (AvgIpc) is 3.47. The molecule has 0 aromatic carbocycles. The number of esters is 1. The number of aliphatic carboxylic acids is 1. The second-order valence-electron chi connectivity index (χ2n) is 13.2. The molecule has 0 aliphatic heterocycles. The summed E-state index contributed by atoms with van der Waals surface area (Å²) < 4.78 is 7.14. The number of carboxylic acids is 1. The van der Waals surface area contributed by atoms with Crippen LogP contribution in [0, 0.1) is 46.3 Å². The Morgan fingerprint density at radius 1 is 1.14 bits per heavy atom. The van der Waals surface area contributed by atoms with E-state index >= 15 is 0 Å². The van der Waals surface area contributed by atoms with Gasteiger partial charge in [0.1, 0.15) is 0 Å². The van der Waals surface area contributed by atoms with E-state index < -0.39 is 11.9 Å². The molecule has 0 radical (unpaired) electrons. The summed E-state index contributed by atoms with van der Waals surface area (Å²) in [6, 6.07) is 0.141. The van der Waals surface area contributed by atoms with Gasteiger partial charge >= 0.3 is 11.9 Å². The number of carbonyl (C=O) groups excluding carboxylic acids is 1. The number of aromatic nitrogens is 3. The first-order chi connectivity index (χ1) is 17.6. The molecule has 1 aromatic heterocycles. The van der Waals surface area contributed by atoms with Crippen molar-refractivity contribution in [3.63, 3.8) is 0 Å². The van der Waals surface area contributed by atoms with Gasteiger partial charge in [0, 0.05) is 6.42 Å². The fourth-order valence-corrected chi connectivity index (χ4v) is 9.75. The van der Waals surface area contributed by atoms with Crippen molar-refractivity contribution in [2.24, 2.45) is 46.3 Å². The van der Waals surface area contributed by atoms with E-state index in [2.05, 4.69) is 31.1 Å². The summed E-state index contributed by atoms with van der Waals surface area (Å²) in [6.07, 6.45) is 10.9. The molecular formula is C29H45N3O5. The van der Waals surface area contributed by atoms with E-state index in [1.165, 1.54) is 19.3 Å². The van der Waals surface area contributed by atoms with Crippen molar-refractivity contribution in [3.8, 4) is 0 Å². The minimum absolute atomic E-state index is 0.141. The summed E-state index contributed by atoms with van der Waals surface area (Å²) in [7, 11) is 0. The van der Waals surface area contributed by atoms with Crippen LogP contribution < -0.4 is 0 Å². The molecule has 0 amide bonds. The third kappa shape index (κ3) is 4.51. The monoisotopic (exact) mass is 515 g/mol. The van der Waals surface area contributed by atoms with Crippen molar-refractivity contribution in [2.75, 3.05) is 6.61 Å². The molecule has 2 N–H and O–H groups in total. The van der Waals surface area contributed by atoms with Gasteiger partial charge in [-0.2, -0.15) is 0 Å². The number of nitrogens with zero attached hydrogens (tertiary/aromatic N) is 3. The first-order valence-corrected chi connectivity index (χ1v) is 14.6. The first-order valence-electron chi connectivity index (χ1n) is 14.6. The van der Waals surface area contributed by atoms with Crippen LogP contribution in [-0.2, 0) is 9.53 Å². The third-order valence-corrected chi connectivity index (χ3v) is 11.6. The van der Waals surface area contributed by atoms with Gasteiger partial charge in [0.2, 0.25) is 0 Å². The molecule has 10 atom stereocenters. The number of carboxylic acid groups (broad SMARTS) is 1. The minimum atomic E-state index is -0.704. The Morgan fingerprint density at radius 3 is 2.59 bits per heavy atom. The molecule has 1 heterocycles. The molecule has 4 aliphatic rings. The van der Waals surface area contributed by atoms with Crippen LogP contribution in [0.5, 0.6) is 0 Å². The zero-order valence-electron chi connectivity index (χ0n) is 22.9. The fourth-order valence-electron chi connectivity index (χ4n) is 9.75. The Balaban J connectivity index is 1.49. The minimum Gasteiger partial charge on any atom is -0.481 e. The first kappa shape index (κ1) is 26.6. The lowest BCUT2D eigenvalue weighted by Gasteiger charge is -2.63. The van der Waals surface area contributed by atoms with E-state index in [-0.39, 0.29) is 35.1 Å². The number of hydrogen-bond acceptors (Lipinski definition) is 6. The van der Waals surface area contributed by atoms with Gasteiger partial charge in [0.05, 0.1) is 24.9 Å². The standard InChI is InChI=1S/C29H45N3O5/c1-5-37-27(36)23-16-32(31-30-23)24-15-18-14-19(33)10-12-28(18,3)22-11-13-29(4)20(7-8-21(29)26(22)24)17(2)6-9-25(34)35/h16-22,24,26,33H,5-15H2,1-4H3,(H,34,35)/t17-,18+,19-,20-,21+,22+,24+,26+,28+,29-/m1/s1. The summed E-state index contributed by atoms with van der Waals surface area (Å²) in [5, 5.41) is 28.6. The van der Waals surface area contributed by atoms with E-state index in [4.69, 9.17) is 4.74 Å². The number of carbonyl (C=O) groups is 2. The van der Waals surface area contributed by atoms with Gasteiger partial charge in [-0.25, -0.2) is 9.48 Å². The van der Waals surface area contributed by atoms with Gasteiger partial charge in [0.25, 0.3) is 0 Å². The summed E-state index contributed by atoms with van der Waals surface area (Å²) in [5.41, 5.74) is 0.652. The van der Waals surface area contributed by atoms with Gasteiger partial charge in [-0.3, -0.25) is 4.79 Å². The quantitative estimate of drug-likeness (QED) is 0.484. The van der Waals surface area contributed by atoms with Crippen LogP contribution >= 0.6 is 0 Å². The topological polar surface area (TPSA) is 115 Å². The van der Waals surface area contributed by atoms with E-state index in [1.807, 2.05) is 4.68 Å². The van der Waals surface area contributed by atoms with Crippen LogP contribution in [0.15, 0.2) is 6.20 Å². The summed E-state index contributed by atoms with van der Waals surface area (Å²) in [4.78, 5) is 23.7. The summed E-state index contributed by atoms with van der Waals surface area (Å²) in [6.45, 7) is 9.31. The number of rotatable bonds is 7. The smallest absolute Gasteiger partial charge is 0.360 e. The van der Waals surface area contributed by atoms with E-state index in [0.29, 0.717) is 42.1 Å². The zero-order chi connectivity index (χ0) is 26.5. The lowest BCUT2D eigenvalue weighted by Crippen LogP contribution is -2.57. The highest BCUT2D eigenvalue weighted by Gasteiger charge is 2.63. The summed E-state index contributed by atoms with van der Waals surface area (Å²) >= 11 is 0. The van der Waals surface area contributed by atoms with E-state index in [1.54, 1.807) is 13.1 Å².